The van der Waals surface area contributed by atoms with E-state index in [1.54, 1.807) is 7.11 Å². The van der Waals surface area contributed by atoms with E-state index in [1.807, 2.05) is 0 Å². The molecule has 0 aromatic rings. The largest absolute Gasteiger partial charge is 0.383 e. The van der Waals surface area contributed by atoms with Gasteiger partial charge in [0.2, 0.25) is 0 Å². The van der Waals surface area contributed by atoms with Gasteiger partial charge in [0, 0.05) is 32.8 Å². The molecule has 1 fully saturated rings. The molecule has 2 N–H and O–H groups in total. The molecular weight excluding hydrogens is 187 g/mol. The predicted molar refractivity (Wildman–Crippen MR) is 51.0 cm³/mol. The van der Waals surface area contributed by atoms with Crippen LogP contribution in [-0.2, 0) is 4.74 Å². The minimum atomic E-state index is 0. The molecule has 0 amide bonds. The van der Waals surface area contributed by atoms with Gasteiger partial charge >= 0.3 is 0 Å². The lowest BCUT2D eigenvalue weighted by atomic mass is 10.2. The maximum absolute atomic E-state index is 4.98. The second-order valence-corrected chi connectivity index (χ2v) is 2.31. The van der Waals surface area contributed by atoms with Crippen LogP contribution in [0.2, 0.25) is 0 Å². The molecule has 0 unspecified atom stereocenters. The van der Waals surface area contributed by atoms with Crippen molar-refractivity contribution in [1.29, 1.82) is 0 Å². The average Bonchev–Trinajstić information content (AvgIpc) is 1.91. The Hall–Kier alpha value is 0.460. The standard InChI is InChI=1S/C6H14N2O.2ClH/c1-9-5-6-4-7-2-3-8-6;;/h6-8H,2-5H2,1H3;2*1H/t6-;;/m0../s1. The van der Waals surface area contributed by atoms with Crippen molar-refractivity contribution in [3.63, 3.8) is 0 Å². The number of nitrogens with one attached hydrogen (secondary N) is 2. The van der Waals surface area contributed by atoms with Gasteiger partial charge < -0.3 is 15.4 Å². The Morgan fingerprint density at radius 3 is 2.55 bits per heavy atom. The summed E-state index contributed by atoms with van der Waals surface area (Å²) in [5, 5.41) is 6.61. The second kappa shape index (κ2) is 8.56. The molecule has 0 spiro atoms. The van der Waals surface area contributed by atoms with E-state index in [2.05, 4.69) is 10.6 Å². The number of methoxy groups -OCH3 is 1. The van der Waals surface area contributed by atoms with Gasteiger partial charge in [0.25, 0.3) is 0 Å². The van der Waals surface area contributed by atoms with E-state index in [4.69, 9.17) is 4.74 Å². The van der Waals surface area contributed by atoms with Gasteiger partial charge in [-0.1, -0.05) is 0 Å². The van der Waals surface area contributed by atoms with Crippen LogP contribution in [0.25, 0.3) is 0 Å². The first-order valence-electron chi connectivity index (χ1n) is 3.36. The first-order valence-corrected chi connectivity index (χ1v) is 3.36. The SMILES string of the molecule is COC[C@@H]1CNCCN1.Cl.Cl. The third-order valence-corrected chi connectivity index (χ3v) is 1.49. The maximum Gasteiger partial charge on any atom is 0.0628 e. The van der Waals surface area contributed by atoms with E-state index < -0.39 is 0 Å². The molecule has 0 aromatic carbocycles. The van der Waals surface area contributed by atoms with Crippen LogP contribution >= 0.6 is 24.8 Å². The first-order chi connectivity index (χ1) is 4.43. The first kappa shape index (κ1) is 14.0. The highest BCUT2D eigenvalue weighted by atomic mass is 35.5. The minimum absolute atomic E-state index is 0. The van der Waals surface area contributed by atoms with E-state index in [9.17, 15) is 0 Å². The zero-order valence-electron chi connectivity index (χ0n) is 6.63. The molecule has 0 aromatic heterocycles. The molecule has 0 bridgehead atoms. The summed E-state index contributed by atoms with van der Waals surface area (Å²) in [6.07, 6.45) is 0. The van der Waals surface area contributed by atoms with Gasteiger partial charge in [0.1, 0.15) is 0 Å². The molecule has 5 heteroatoms. The summed E-state index contributed by atoms with van der Waals surface area (Å²) in [4.78, 5) is 0. The van der Waals surface area contributed by atoms with Crippen LogP contribution in [0.5, 0.6) is 0 Å². The molecule has 1 rings (SSSR count). The van der Waals surface area contributed by atoms with Gasteiger partial charge in [0.05, 0.1) is 6.61 Å². The maximum atomic E-state index is 4.98. The summed E-state index contributed by atoms with van der Waals surface area (Å²) < 4.78 is 4.98. The topological polar surface area (TPSA) is 33.3 Å². The summed E-state index contributed by atoms with van der Waals surface area (Å²) in [6.45, 7) is 4.00. The normalized spacial score (nSPS) is 23.2. The fraction of sp³-hybridized carbons (Fsp3) is 1.00. The van der Waals surface area contributed by atoms with Crippen molar-refractivity contribution in [2.45, 2.75) is 6.04 Å². The van der Waals surface area contributed by atoms with Crippen molar-refractivity contribution in [2.75, 3.05) is 33.4 Å². The van der Waals surface area contributed by atoms with Crippen molar-refractivity contribution in [3.8, 4) is 0 Å². The molecule has 1 aliphatic heterocycles. The molecule has 0 saturated carbocycles. The molecule has 0 radical (unpaired) electrons. The molecule has 3 nitrogen and oxygen atoms in total. The Bertz CT molecular complexity index is 76.2. The van der Waals surface area contributed by atoms with Crippen molar-refractivity contribution in [2.24, 2.45) is 0 Å². The summed E-state index contributed by atoms with van der Waals surface area (Å²) in [6, 6.07) is 0.517. The highest BCUT2D eigenvalue weighted by molar-refractivity contribution is 5.85. The number of piperazine rings is 1. The smallest absolute Gasteiger partial charge is 0.0628 e. The van der Waals surface area contributed by atoms with Crippen molar-refractivity contribution in [1.82, 2.24) is 10.6 Å². The van der Waals surface area contributed by atoms with Crippen LogP contribution in [0.4, 0.5) is 0 Å². The van der Waals surface area contributed by atoms with E-state index in [-0.39, 0.29) is 24.8 Å². The van der Waals surface area contributed by atoms with Crippen LogP contribution < -0.4 is 10.6 Å². The highest BCUT2D eigenvalue weighted by Gasteiger charge is 2.09. The molecule has 1 saturated heterocycles. The van der Waals surface area contributed by atoms with Crippen molar-refractivity contribution >= 4 is 24.8 Å². The Balaban J connectivity index is 0. The fourth-order valence-electron chi connectivity index (χ4n) is 1.03. The fourth-order valence-corrected chi connectivity index (χ4v) is 1.03. The number of hydrogen-bond donors (Lipinski definition) is 2. The van der Waals surface area contributed by atoms with Gasteiger partial charge in [-0.25, -0.2) is 0 Å². The number of hydrogen-bond acceptors (Lipinski definition) is 3. The summed E-state index contributed by atoms with van der Waals surface area (Å²) in [5.74, 6) is 0. The molecule has 70 valence electrons. The molecule has 1 heterocycles. The Morgan fingerprint density at radius 2 is 2.09 bits per heavy atom. The molecule has 0 aliphatic carbocycles. The van der Waals surface area contributed by atoms with E-state index in [0.29, 0.717) is 6.04 Å². The van der Waals surface area contributed by atoms with Crippen LogP contribution in [0.15, 0.2) is 0 Å². The van der Waals surface area contributed by atoms with E-state index >= 15 is 0 Å². The second-order valence-electron chi connectivity index (χ2n) is 2.31. The van der Waals surface area contributed by atoms with E-state index in [1.165, 1.54) is 0 Å². The third kappa shape index (κ3) is 5.70. The summed E-state index contributed by atoms with van der Waals surface area (Å²) >= 11 is 0. The number of halogens is 2. The zero-order valence-corrected chi connectivity index (χ0v) is 8.26. The number of ether oxygens (including phenoxy) is 1. The van der Waals surface area contributed by atoms with Gasteiger partial charge in [-0.2, -0.15) is 0 Å². The van der Waals surface area contributed by atoms with Gasteiger partial charge in [-0.15, -0.1) is 24.8 Å². The molecular formula is C6H16Cl2N2O. The third-order valence-electron chi connectivity index (χ3n) is 1.49. The van der Waals surface area contributed by atoms with Crippen LogP contribution in [0.1, 0.15) is 0 Å². The predicted octanol–water partition coefficient (Wildman–Crippen LogP) is 0.0378. The summed E-state index contributed by atoms with van der Waals surface area (Å²) in [7, 11) is 1.73. The molecule has 1 aliphatic rings. The lowest BCUT2D eigenvalue weighted by Gasteiger charge is -2.23. The highest BCUT2D eigenvalue weighted by Crippen LogP contribution is 1.85. The molecule has 1 atom stereocenters. The quantitative estimate of drug-likeness (QED) is 0.664. The van der Waals surface area contributed by atoms with Crippen LogP contribution in [-0.4, -0.2) is 39.4 Å². The zero-order chi connectivity index (χ0) is 6.53. The van der Waals surface area contributed by atoms with Crippen molar-refractivity contribution in [3.05, 3.63) is 0 Å². The van der Waals surface area contributed by atoms with Crippen LogP contribution in [0, 0.1) is 0 Å². The van der Waals surface area contributed by atoms with Gasteiger partial charge in [-0.05, 0) is 0 Å². The van der Waals surface area contributed by atoms with Gasteiger partial charge in [0.15, 0.2) is 0 Å². The average molecular weight is 203 g/mol. The molecule has 11 heavy (non-hydrogen) atoms. The lowest BCUT2D eigenvalue weighted by molar-refractivity contribution is 0.159. The monoisotopic (exact) mass is 202 g/mol. The lowest BCUT2D eigenvalue weighted by Crippen LogP contribution is -2.50. The number of rotatable bonds is 2. The Kier molecular flexibility index (Phi) is 10.9. The van der Waals surface area contributed by atoms with E-state index in [0.717, 1.165) is 26.2 Å². The van der Waals surface area contributed by atoms with Gasteiger partial charge in [-0.3, -0.25) is 0 Å². The Labute approximate surface area is 80.1 Å². The Morgan fingerprint density at radius 1 is 1.36 bits per heavy atom. The summed E-state index contributed by atoms with van der Waals surface area (Å²) in [5.41, 5.74) is 0. The van der Waals surface area contributed by atoms with Crippen molar-refractivity contribution < 1.29 is 4.74 Å². The minimum Gasteiger partial charge on any atom is -0.383 e. The van der Waals surface area contributed by atoms with Crippen LogP contribution in [0.3, 0.4) is 0 Å².